The van der Waals surface area contributed by atoms with Gasteiger partial charge in [0.25, 0.3) is 5.91 Å². The van der Waals surface area contributed by atoms with Crippen molar-refractivity contribution in [3.8, 4) is 0 Å². The van der Waals surface area contributed by atoms with Crippen LogP contribution in [0.15, 0.2) is 24.3 Å². The van der Waals surface area contributed by atoms with Gasteiger partial charge < -0.3 is 15.4 Å². The number of likely N-dealkylation sites (tertiary alicyclic amines) is 1. The Morgan fingerprint density at radius 2 is 2.26 bits per heavy atom. The highest BCUT2D eigenvalue weighted by Crippen LogP contribution is 2.21. The van der Waals surface area contributed by atoms with Gasteiger partial charge in [0.05, 0.1) is 5.92 Å². The molecule has 5 heteroatoms. The van der Waals surface area contributed by atoms with Crippen molar-refractivity contribution in [3.05, 3.63) is 29.8 Å². The van der Waals surface area contributed by atoms with Crippen LogP contribution in [0.1, 0.15) is 24.8 Å². The molecule has 2 rings (SSSR count). The van der Waals surface area contributed by atoms with Crippen LogP contribution in [0.4, 0.5) is 5.69 Å². The highest BCUT2D eigenvalue weighted by molar-refractivity contribution is 5.87. The number of benzene rings is 1. The Morgan fingerprint density at radius 3 is 2.84 bits per heavy atom. The number of nitrogen functional groups attached to an aromatic ring is 1. The van der Waals surface area contributed by atoms with Gasteiger partial charge in [0.2, 0.25) is 0 Å². The van der Waals surface area contributed by atoms with Gasteiger partial charge in [0, 0.05) is 25.7 Å². The van der Waals surface area contributed by atoms with E-state index in [1.54, 1.807) is 37.1 Å². The van der Waals surface area contributed by atoms with Gasteiger partial charge in [-0.1, -0.05) is 12.1 Å². The molecule has 2 atom stereocenters. The molecule has 1 aromatic rings. The topological polar surface area (TPSA) is 72.6 Å². The van der Waals surface area contributed by atoms with Crippen molar-refractivity contribution in [2.24, 2.45) is 0 Å². The van der Waals surface area contributed by atoms with Crippen LogP contribution >= 0.6 is 0 Å². The summed E-state index contributed by atoms with van der Waals surface area (Å²) >= 11 is 0. The van der Waals surface area contributed by atoms with Crippen molar-refractivity contribution in [1.29, 1.82) is 0 Å². The molecule has 1 heterocycles. The molecule has 1 aromatic carbocycles. The second kappa shape index (κ2) is 5.30. The van der Waals surface area contributed by atoms with E-state index in [1.807, 2.05) is 6.07 Å². The fourth-order valence-electron chi connectivity index (χ4n) is 2.11. The lowest BCUT2D eigenvalue weighted by Gasteiger charge is -2.16. The number of carbonyl (C=O) groups is 2. The standard InChI is InChI=1S/C14H18N2O3/c1-9(10-4-3-5-11(15)8-10)14(18)19-12-6-7-16(2)13(12)17/h3-5,8-9,12H,6-7,15H2,1-2H3. The normalized spacial score (nSPS) is 20.4. The average Bonchev–Trinajstić information content (AvgIpc) is 2.70. The van der Waals surface area contributed by atoms with Crippen LogP contribution in [0.3, 0.4) is 0 Å². The van der Waals surface area contributed by atoms with Gasteiger partial charge in [-0.05, 0) is 24.6 Å². The van der Waals surface area contributed by atoms with Crippen LogP contribution in [0.2, 0.25) is 0 Å². The maximum atomic E-state index is 12.0. The van der Waals surface area contributed by atoms with Gasteiger partial charge in [0.15, 0.2) is 6.10 Å². The van der Waals surface area contributed by atoms with Gasteiger partial charge >= 0.3 is 5.97 Å². The molecule has 1 aliphatic heterocycles. The van der Waals surface area contributed by atoms with E-state index in [9.17, 15) is 9.59 Å². The molecule has 19 heavy (non-hydrogen) atoms. The van der Waals surface area contributed by atoms with E-state index in [2.05, 4.69) is 0 Å². The van der Waals surface area contributed by atoms with E-state index in [-0.39, 0.29) is 11.9 Å². The van der Waals surface area contributed by atoms with E-state index in [1.165, 1.54) is 0 Å². The first-order chi connectivity index (χ1) is 8.99. The second-order valence-electron chi connectivity index (χ2n) is 4.87. The molecule has 1 saturated heterocycles. The molecule has 102 valence electrons. The van der Waals surface area contributed by atoms with Gasteiger partial charge in [-0.2, -0.15) is 0 Å². The number of hydrogen-bond donors (Lipinski definition) is 1. The van der Waals surface area contributed by atoms with Gasteiger partial charge in [-0.25, -0.2) is 0 Å². The van der Waals surface area contributed by atoms with Crippen molar-refractivity contribution in [1.82, 2.24) is 4.90 Å². The number of amides is 1. The van der Waals surface area contributed by atoms with Crippen molar-refractivity contribution < 1.29 is 14.3 Å². The lowest BCUT2D eigenvalue weighted by molar-refractivity contribution is -0.156. The fourth-order valence-corrected chi connectivity index (χ4v) is 2.11. The first-order valence-electron chi connectivity index (χ1n) is 6.30. The molecule has 1 amide bonds. The lowest BCUT2D eigenvalue weighted by atomic mass is 10.0. The maximum Gasteiger partial charge on any atom is 0.313 e. The number of nitrogens with zero attached hydrogens (tertiary/aromatic N) is 1. The van der Waals surface area contributed by atoms with Crippen molar-refractivity contribution in [3.63, 3.8) is 0 Å². The number of anilines is 1. The van der Waals surface area contributed by atoms with E-state index in [0.717, 1.165) is 5.56 Å². The molecule has 0 spiro atoms. The Bertz CT molecular complexity index is 501. The minimum atomic E-state index is -0.638. The largest absolute Gasteiger partial charge is 0.452 e. The van der Waals surface area contributed by atoms with Crippen LogP contribution in [-0.2, 0) is 14.3 Å². The molecule has 0 saturated carbocycles. The predicted octanol–water partition coefficient (Wildman–Crippen LogP) is 1.15. The number of ether oxygens (including phenoxy) is 1. The number of hydrogen-bond acceptors (Lipinski definition) is 4. The highest BCUT2D eigenvalue weighted by Gasteiger charge is 2.33. The summed E-state index contributed by atoms with van der Waals surface area (Å²) in [5, 5.41) is 0. The Kier molecular flexibility index (Phi) is 3.74. The second-order valence-corrected chi connectivity index (χ2v) is 4.87. The fraction of sp³-hybridized carbons (Fsp3) is 0.429. The highest BCUT2D eigenvalue weighted by atomic mass is 16.5. The zero-order chi connectivity index (χ0) is 14.0. The van der Waals surface area contributed by atoms with Gasteiger partial charge in [-0.15, -0.1) is 0 Å². The quantitative estimate of drug-likeness (QED) is 0.655. The van der Waals surface area contributed by atoms with Crippen LogP contribution in [0, 0.1) is 0 Å². The molecule has 0 aromatic heterocycles. The molecular weight excluding hydrogens is 244 g/mol. The number of likely N-dealkylation sites (N-methyl/N-ethyl adjacent to an activating group) is 1. The first-order valence-corrected chi connectivity index (χ1v) is 6.30. The maximum absolute atomic E-state index is 12.0. The summed E-state index contributed by atoms with van der Waals surface area (Å²) in [5.74, 6) is -0.949. The molecule has 0 bridgehead atoms. The summed E-state index contributed by atoms with van der Waals surface area (Å²) in [6.07, 6.45) is -0.0777. The van der Waals surface area contributed by atoms with E-state index >= 15 is 0 Å². The zero-order valence-corrected chi connectivity index (χ0v) is 11.1. The summed E-state index contributed by atoms with van der Waals surface area (Å²) < 4.78 is 5.28. The third-order valence-electron chi connectivity index (χ3n) is 3.40. The molecular formula is C14H18N2O3. The van der Waals surface area contributed by atoms with Crippen molar-refractivity contribution in [2.75, 3.05) is 19.3 Å². The number of nitrogens with two attached hydrogens (primary N) is 1. The Hall–Kier alpha value is -2.04. The van der Waals surface area contributed by atoms with Crippen molar-refractivity contribution in [2.45, 2.75) is 25.4 Å². The number of rotatable bonds is 3. The molecule has 0 radical (unpaired) electrons. The average molecular weight is 262 g/mol. The lowest BCUT2D eigenvalue weighted by Crippen LogP contribution is -2.30. The minimum Gasteiger partial charge on any atom is -0.452 e. The van der Waals surface area contributed by atoms with Crippen LogP contribution in [0.5, 0.6) is 0 Å². The SMILES string of the molecule is CC(C(=O)OC1CCN(C)C1=O)c1cccc(N)c1. The van der Waals surface area contributed by atoms with Gasteiger partial charge in [-0.3, -0.25) is 9.59 Å². The summed E-state index contributed by atoms with van der Waals surface area (Å²) in [5.41, 5.74) is 7.09. The molecule has 1 aliphatic rings. The molecule has 0 aliphatic carbocycles. The number of esters is 1. The van der Waals surface area contributed by atoms with Gasteiger partial charge in [0.1, 0.15) is 0 Å². The Morgan fingerprint density at radius 1 is 1.53 bits per heavy atom. The molecule has 1 fully saturated rings. The number of carbonyl (C=O) groups excluding carboxylic acids is 2. The summed E-state index contributed by atoms with van der Waals surface area (Å²) in [7, 11) is 1.71. The molecule has 2 unspecified atom stereocenters. The Labute approximate surface area is 112 Å². The van der Waals surface area contributed by atoms with E-state index in [0.29, 0.717) is 18.7 Å². The zero-order valence-electron chi connectivity index (χ0n) is 11.1. The molecule has 5 nitrogen and oxygen atoms in total. The van der Waals surface area contributed by atoms with Crippen LogP contribution in [-0.4, -0.2) is 36.5 Å². The van der Waals surface area contributed by atoms with E-state index in [4.69, 9.17) is 10.5 Å². The van der Waals surface area contributed by atoms with Crippen molar-refractivity contribution >= 4 is 17.6 Å². The third-order valence-corrected chi connectivity index (χ3v) is 3.40. The minimum absolute atomic E-state index is 0.131. The smallest absolute Gasteiger partial charge is 0.313 e. The third kappa shape index (κ3) is 2.86. The first kappa shape index (κ1) is 13.4. The summed E-state index contributed by atoms with van der Waals surface area (Å²) in [6, 6.07) is 7.12. The summed E-state index contributed by atoms with van der Waals surface area (Å²) in [4.78, 5) is 25.3. The van der Waals surface area contributed by atoms with Crippen LogP contribution < -0.4 is 5.73 Å². The summed E-state index contributed by atoms with van der Waals surface area (Å²) in [6.45, 7) is 2.38. The Balaban J connectivity index is 2.02. The van der Waals surface area contributed by atoms with E-state index < -0.39 is 12.0 Å². The van der Waals surface area contributed by atoms with Crippen LogP contribution in [0.25, 0.3) is 0 Å². The molecule has 2 N–H and O–H groups in total. The monoisotopic (exact) mass is 262 g/mol. The predicted molar refractivity (Wildman–Crippen MR) is 71.4 cm³/mol.